The predicted octanol–water partition coefficient (Wildman–Crippen LogP) is 2.92. The Hall–Kier alpha value is -2.80. The minimum Gasteiger partial charge on any atom is -0.497 e. The molecule has 4 heteroatoms. The van der Waals surface area contributed by atoms with E-state index in [2.05, 4.69) is 0 Å². The highest BCUT2D eigenvalue weighted by molar-refractivity contribution is 5.89. The van der Waals surface area contributed by atoms with Crippen LogP contribution in [0.15, 0.2) is 48.5 Å². The second-order valence-corrected chi connectivity index (χ2v) is 4.12. The highest BCUT2D eigenvalue weighted by Crippen LogP contribution is 2.14. The summed E-state index contributed by atoms with van der Waals surface area (Å²) < 4.78 is 10.3. The van der Waals surface area contributed by atoms with Crippen molar-refractivity contribution in [3.05, 3.63) is 65.2 Å². The van der Waals surface area contributed by atoms with E-state index >= 15 is 0 Å². The Bertz CT molecular complexity index is 642. The van der Waals surface area contributed by atoms with E-state index in [1.165, 1.54) is 0 Å². The topological polar surface area (TPSA) is 59.3 Å². The third-order valence-electron chi connectivity index (χ3n) is 2.75. The highest BCUT2D eigenvalue weighted by Gasteiger charge is 2.07. The molecule has 2 aromatic carbocycles. The summed E-state index contributed by atoms with van der Waals surface area (Å²) in [4.78, 5) is 11.8. The number of nitriles is 1. The number of esters is 1. The first-order valence-corrected chi connectivity index (χ1v) is 6.03. The van der Waals surface area contributed by atoms with Crippen molar-refractivity contribution in [2.75, 3.05) is 7.11 Å². The molecular weight excluding hydrogens is 254 g/mol. The first kappa shape index (κ1) is 13.6. The fourth-order valence-corrected chi connectivity index (χ4v) is 1.68. The van der Waals surface area contributed by atoms with Crippen LogP contribution >= 0.6 is 0 Å². The predicted molar refractivity (Wildman–Crippen MR) is 73.3 cm³/mol. The van der Waals surface area contributed by atoms with Gasteiger partial charge in [-0.05, 0) is 42.0 Å². The molecule has 0 aliphatic carbocycles. The van der Waals surface area contributed by atoms with Crippen LogP contribution in [0.5, 0.6) is 5.75 Å². The maximum atomic E-state index is 11.8. The number of ether oxygens (including phenoxy) is 2. The molecule has 0 aliphatic heterocycles. The first-order chi connectivity index (χ1) is 9.72. The van der Waals surface area contributed by atoms with Crippen molar-refractivity contribution in [3.63, 3.8) is 0 Å². The van der Waals surface area contributed by atoms with Crippen molar-refractivity contribution in [2.45, 2.75) is 6.61 Å². The van der Waals surface area contributed by atoms with Crippen LogP contribution in [0.2, 0.25) is 0 Å². The lowest BCUT2D eigenvalue weighted by atomic mass is 10.1. The average molecular weight is 267 g/mol. The van der Waals surface area contributed by atoms with Gasteiger partial charge in [0.05, 0.1) is 24.3 Å². The Kier molecular flexibility index (Phi) is 4.35. The number of benzene rings is 2. The number of nitrogens with zero attached hydrogens (tertiary/aromatic N) is 1. The highest BCUT2D eigenvalue weighted by atomic mass is 16.5. The van der Waals surface area contributed by atoms with Gasteiger partial charge in [-0.15, -0.1) is 0 Å². The zero-order chi connectivity index (χ0) is 14.4. The van der Waals surface area contributed by atoms with Crippen LogP contribution in [-0.4, -0.2) is 13.1 Å². The molecule has 2 aromatic rings. The van der Waals surface area contributed by atoms with Crippen LogP contribution in [0.1, 0.15) is 21.5 Å². The zero-order valence-corrected chi connectivity index (χ0v) is 11.0. The number of rotatable bonds is 4. The van der Waals surface area contributed by atoms with Gasteiger partial charge in [0.25, 0.3) is 0 Å². The molecule has 0 atom stereocenters. The van der Waals surface area contributed by atoms with E-state index in [1.54, 1.807) is 31.4 Å². The van der Waals surface area contributed by atoms with Gasteiger partial charge in [-0.1, -0.05) is 12.1 Å². The molecule has 0 radical (unpaired) electrons. The first-order valence-electron chi connectivity index (χ1n) is 6.03. The molecule has 2 rings (SSSR count). The van der Waals surface area contributed by atoms with Gasteiger partial charge in [0.15, 0.2) is 0 Å². The molecular formula is C16H13NO3. The molecule has 0 bridgehead atoms. The molecule has 0 amide bonds. The fourth-order valence-electron chi connectivity index (χ4n) is 1.68. The minimum absolute atomic E-state index is 0.177. The molecule has 0 saturated heterocycles. The van der Waals surface area contributed by atoms with Gasteiger partial charge in [0.2, 0.25) is 0 Å². The van der Waals surface area contributed by atoms with Crippen LogP contribution in [0.4, 0.5) is 0 Å². The summed E-state index contributed by atoms with van der Waals surface area (Å²) in [5.74, 6) is 0.300. The summed E-state index contributed by atoms with van der Waals surface area (Å²) in [5.41, 5.74) is 1.78. The van der Waals surface area contributed by atoms with Gasteiger partial charge in [-0.25, -0.2) is 4.79 Å². The molecule has 100 valence electrons. The summed E-state index contributed by atoms with van der Waals surface area (Å²) in [7, 11) is 1.59. The molecule has 0 N–H and O–H groups in total. The van der Waals surface area contributed by atoms with Crippen LogP contribution in [-0.2, 0) is 11.3 Å². The van der Waals surface area contributed by atoms with E-state index in [9.17, 15) is 4.79 Å². The molecule has 0 saturated carbocycles. The molecule has 20 heavy (non-hydrogen) atoms. The molecule has 0 aliphatic rings. The third-order valence-corrected chi connectivity index (χ3v) is 2.75. The Labute approximate surface area is 117 Å². The Morgan fingerprint density at radius 3 is 2.60 bits per heavy atom. The summed E-state index contributed by atoms with van der Waals surface area (Å²) in [6.07, 6.45) is 0. The van der Waals surface area contributed by atoms with Crippen LogP contribution in [0.3, 0.4) is 0 Å². The normalized spacial score (nSPS) is 9.60. The van der Waals surface area contributed by atoms with E-state index in [1.807, 2.05) is 30.3 Å². The lowest BCUT2D eigenvalue weighted by Crippen LogP contribution is -2.05. The van der Waals surface area contributed by atoms with Gasteiger partial charge in [-0.2, -0.15) is 5.26 Å². The molecule has 0 unspecified atom stereocenters. The largest absolute Gasteiger partial charge is 0.497 e. The number of carbonyl (C=O) groups excluding carboxylic acids is 1. The van der Waals surface area contributed by atoms with E-state index in [4.69, 9.17) is 14.7 Å². The van der Waals surface area contributed by atoms with E-state index < -0.39 is 5.97 Å². The number of methoxy groups -OCH3 is 1. The van der Waals surface area contributed by atoms with Crippen LogP contribution < -0.4 is 4.74 Å². The molecule has 0 spiro atoms. The Balaban J connectivity index is 1.99. The maximum absolute atomic E-state index is 11.8. The lowest BCUT2D eigenvalue weighted by Gasteiger charge is -2.06. The van der Waals surface area contributed by atoms with Crippen molar-refractivity contribution in [2.24, 2.45) is 0 Å². The lowest BCUT2D eigenvalue weighted by molar-refractivity contribution is 0.0472. The van der Waals surface area contributed by atoms with Gasteiger partial charge < -0.3 is 9.47 Å². The van der Waals surface area contributed by atoms with Crippen molar-refractivity contribution >= 4 is 5.97 Å². The van der Waals surface area contributed by atoms with Gasteiger partial charge in [0, 0.05) is 0 Å². The zero-order valence-electron chi connectivity index (χ0n) is 11.0. The third kappa shape index (κ3) is 3.36. The van der Waals surface area contributed by atoms with Crippen molar-refractivity contribution in [1.29, 1.82) is 5.26 Å². The number of hydrogen-bond acceptors (Lipinski definition) is 4. The van der Waals surface area contributed by atoms with Gasteiger partial charge >= 0.3 is 5.97 Å². The summed E-state index contributed by atoms with van der Waals surface area (Å²) in [6.45, 7) is 0.177. The van der Waals surface area contributed by atoms with E-state index in [-0.39, 0.29) is 6.61 Å². The summed E-state index contributed by atoms with van der Waals surface area (Å²) >= 11 is 0. The van der Waals surface area contributed by atoms with Crippen molar-refractivity contribution < 1.29 is 14.3 Å². The quantitative estimate of drug-likeness (QED) is 0.799. The molecule has 0 aromatic heterocycles. The molecule has 0 fully saturated rings. The fraction of sp³-hybridized carbons (Fsp3) is 0.125. The Morgan fingerprint density at radius 2 is 1.95 bits per heavy atom. The minimum atomic E-state index is -0.419. The van der Waals surface area contributed by atoms with Crippen LogP contribution in [0.25, 0.3) is 0 Å². The average Bonchev–Trinajstić information content (AvgIpc) is 2.53. The molecule has 4 nitrogen and oxygen atoms in total. The summed E-state index contributed by atoms with van der Waals surface area (Å²) in [6, 6.07) is 15.6. The van der Waals surface area contributed by atoms with E-state index in [0.29, 0.717) is 11.1 Å². The van der Waals surface area contributed by atoms with Crippen molar-refractivity contribution in [3.8, 4) is 11.8 Å². The van der Waals surface area contributed by atoms with Crippen LogP contribution in [0, 0.1) is 11.3 Å². The standard InChI is InChI=1S/C16H13NO3/c1-19-15-4-2-3-13(9-15)11-20-16(18)14-7-5-12(10-17)6-8-14/h2-9H,11H2,1H3. The SMILES string of the molecule is COc1cccc(COC(=O)c2ccc(C#N)cc2)c1. The second-order valence-electron chi connectivity index (χ2n) is 4.12. The van der Waals surface area contributed by atoms with Crippen molar-refractivity contribution in [1.82, 2.24) is 0 Å². The summed E-state index contributed by atoms with van der Waals surface area (Å²) in [5, 5.41) is 8.69. The monoisotopic (exact) mass is 267 g/mol. The molecule has 0 heterocycles. The number of carbonyl (C=O) groups is 1. The Morgan fingerprint density at radius 1 is 1.20 bits per heavy atom. The van der Waals surface area contributed by atoms with Gasteiger partial charge in [-0.3, -0.25) is 0 Å². The second kappa shape index (κ2) is 6.39. The number of hydrogen-bond donors (Lipinski definition) is 0. The maximum Gasteiger partial charge on any atom is 0.338 e. The smallest absolute Gasteiger partial charge is 0.338 e. The van der Waals surface area contributed by atoms with Gasteiger partial charge in [0.1, 0.15) is 12.4 Å². The van der Waals surface area contributed by atoms with E-state index in [0.717, 1.165) is 11.3 Å².